The Hall–Kier alpha value is -1.69. The molecule has 5 nitrogen and oxygen atoms in total. The van der Waals surface area contributed by atoms with Crippen LogP contribution in [0.1, 0.15) is 6.42 Å². The molecular formula is C13H17NO4S. The lowest BCUT2D eigenvalue weighted by molar-refractivity contribution is -0.137. The summed E-state index contributed by atoms with van der Waals surface area (Å²) < 4.78 is 5.10. The number of carbonyl (C=O) groups excluding carboxylic acids is 1. The highest BCUT2D eigenvalue weighted by atomic mass is 32.2. The first-order valence-corrected chi connectivity index (χ1v) is 6.74. The first-order chi connectivity index (χ1) is 9.02. The van der Waals surface area contributed by atoms with Gasteiger partial charge in [-0.1, -0.05) is 6.07 Å². The molecule has 1 amide bonds. The fourth-order valence-corrected chi connectivity index (χ4v) is 2.22. The lowest BCUT2D eigenvalue weighted by Crippen LogP contribution is -2.30. The Morgan fingerprint density at radius 1 is 1.42 bits per heavy atom. The average molecular weight is 283 g/mol. The molecule has 0 spiro atoms. The molecule has 0 atom stereocenters. The van der Waals surface area contributed by atoms with Crippen molar-refractivity contribution >= 4 is 23.6 Å². The maximum absolute atomic E-state index is 11.8. The van der Waals surface area contributed by atoms with Crippen LogP contribution in [0, 0.1) is 0 Å². The smallest absolute Gasteiger partial charge is 0.305 e. The van der Waals surface area contributed by atoms with Gasteiger partial charge in [-0.15, -0.1) is 11.8 Å². The van der Waals surface area contributed by atoms with E-state index >= 15 is 0 Å². The van der Waals surface area contributed by atoms with Crippen LogP contribution in [0.25, 0.3) is 0 Å². The van der Waals surface area contributed by atoms with E-state index in [0.717, 1.165) is 10.6 Å². The lowest BCUT2D eigenvalue weighted by atomic mass is 10.3. The van der Waals surface area contributed by atoms with Gasteiger partial charge in [0.25, 0.3) is 0 Å². The molecule has 0 aliphatic rings. The van der Waals surface area contributed by atoms with Crippen LogP contribution >= 0.6 is 11.8 Å². The molecule has 0 fully saturated rings. The minimum atomic E-state index is -0.903. The number of carboxylic acid groups (broad SMARTS) is 1. The van der Waals surface area contributed by atoms with E-state index in [2.05, 4.69) is 0 Å². The zero-order chi connectivity index (χ0) is 14.3. The standard InChI is InChI=1S/C13H17NO4S/c1-14(7-6-13(16)17)12(15)9-19-11-5-3-4-10(8-11)18-2/h3-5,8H,6-7,9H2,1-2H3,(H,16,17). The molecule has 0 aliphatic carbocycles. The van der Waals surface area contributed by atoms with Crippen molar-refractivity contribution in [2.75, 3.05) is 26.5 Å². The minimum Gasteiger partial charge on any atom is -0.497 e. The van der Waals surface area contributed by atoms with E-state index in [0.29, 0.717) is 0 Å². The number of carbonyl (C=O) groups is 2. The van der Waals surface area contributed by atoms with Crippen molar-refractivity contribution in [3.05, 3.63) is 24.3 Å². The van der Waals surface area contributed by atoms with Crippen LogP contribution in [0.5, 0.6) is 5.75 Å². The van der Waals surface area contributed by atoms with E-state index in [4.69, 9.17) is 9.84 Å². The maximum Gasteiger partial charge on any atom is 0.305 e. The summed E-state index contributed by atoms with van der Waals surface area (Å²) in [6.07, 6.45) is -0.0356. The molecule has 0 aromatic heterocycles. The van der Waals surface area contributed by atoms with Crippen molar-refractivity contribution in [1.82, 2.24) is 4.90 Å². The molecule has 0 saturated heterocycles. The number of rotatable bonds is 7. The van der Waals surface area contributed by atoms with Gasteiger partial charge in [-0.3, -0.25) is 9.59 Å². The molecule has 19 heavy (non-hydrogen) atoms. The van der Waals surface area contributed by atoms with Gasteiger partial charge < -0.3 is 14.7 Å². The van der Waals surface area contributed by atoms with Crippen LogP contribution in [-0.4, -0.2) is 48.3 Å². The van der Waals surface area contributed by atoms with E-state index in [9.17, 15) is 9.59 Å². The molecule has 1 aromatic rings. The van der Waals surface area contributed by atoms with Crippen molar-refractivity contribution < 1.29 is 19.4 Å². The second-order valence-corrected chi connectivity index (χ2v) is 4.98. The van der Waals surface area contributed by atoms with Crippen LogP contribution in [0.3, 0.4) is 0 Å². The molecule has 1 rings (SSSR count). The number of nitrogens with zero attached hydrogens (tertiary/aromatic N) is 1. The van der Waals surface area contributed by atoms with E-state index in [-0.39, 0.29) is 24.6 Å². The number of carboxylic acids is 1. The average Bonchev–Trinajstić information content (AvgIpc) is 2.42. The molecule has 6 heteroatoms. The van der Waals surface area contributed by atoms with Crippen LogP contribution in [-0.2, 0) is 9.59 Å². The summed E-state index contributed by atoms with van der Waals surface area (Å²) in [7, 11) is 3.20. The Morgan fingerprint density at radius 3 is 2.79 bits per heavy atom. The second kappa shape index (κ2) is 7.68. The number of methoxy groups -OCH3 is 1. The van der Waals surface area contributed by atoms with Gasteiger partial charge in [-0.25, -0.2) is 0 Å². The number of hydrogen-bond donors (Lipinski definition) is 1. The van der Waals surface area contributed by atoms with E-state index in [1.54, 1.807) is 14.2 Å². The van der Waals surface area contributed by atoms with Gasteiger partial charge >= 0.3 is 5.97 Å². The van der Waals surface area contributed by atoms with E-state index < -0.39 is 5.97 Å². The van der Waals surface area contributed by atoms with Gasteiger partial charge in [-0.05, 0) is 18.2 Å². The summed E-state index contributed by atoms with van der Waals surface area (Å²) in [5.74, 6) is 0.0365. The van der Waals surface area contributed by atoms with Crippen molar-refractivity contribution in [2.24, 2.45) is 0 Å². The molecule has 0 heterocycles. The van der Waals surface area contributed by atoms with Crippen LogP contribution in [0.4, 0.5) is 0 Å². The fraction of sp³-hybridized carbons (Fsp3) is 0.385. The van der Waals surface area contributed by atoms with Crippen LogP contribution < -0.4 is 4.74 Å². The predicted molar refractivity (Wildman–Crippen MR) is 73.6 cm³/mol. The molecule has 0 aliphatic heterocycles. The Bertz CT molecular complexity index is 450. The van der Waals surface area contributed by atoms with E-state index in [1.165, 1.54) is 16.7 Å². The largest absolute Gasteiger partial charge is 0.497 e. The molecule has 0 bridgehead atoms. The van der Waals surface area contributed by atoms with Gasteiger partial charge in [0.05, 0.1) is 19.3 Å². The highest BCUT2D eigenvalue weighted by molar-refractivity contribution is 8.00. The number of aliphatic carboxylic acids is 1. The molecule has 0 radical (unpaired) electrons. The van der Waals surface area contributed by atoms with Gasteiger partial charge in [0.15, 0.2) is 0 Å². The van der Waals surface area contributed by atoms with Crippen molar-refractivity contribution in [3.63, 3.8) is 0 Å². The summed E-state index contributed by atoms with van der Waals surface area (Å²) in [4.78, 5) is 24.6. The van der Waals surface area contributed by atoms with Crippen LogP contribution in [0.2, 0.25) is 0 Å². The summed E-state index contributed by atoms with van der Waals surface area (Å²) >= 11 is 1.40. The van der Waals surface area contributed by atoms with Gasteiger partial charge in [0, 0.05) is 18.5 Å². The quantitative estimate of drug-likeness (QED) is 0.772. The molecule has 0 saturated carbocycles. The Balaban J connectivity index is 2.42. The highest BCUT2D eigenvalue weighted by Gasteiger charge is 2.10. The molecule has 104 valence electrons. The van der Waals surface area contributed by atoms with Crippen LogP contribution in [0.15, 0.2) is 29.2 Å². The first-order valence-electron chi connectivity index (χ1n) is 5.75. The number of amides is 1. The normalized spacial score (nSPS) is 10.0. The topological polar surface area (TPSA) is 66.8 Å². The Morgan fingerprint density at radius 2 is 2.16 bits per heavy atom. The van der Waals surface area contributed by atoms with Crippen molar-refractivity contribution in [3.8, 4) is 5.75 Å². The summed E-state index contributed by atoms with van der Waals surface area (Å²) in [5.41, 5.74) is 0. The summed E-state index contributed by atoms with van der Waals surface area (Å²) in [6.45, 7) is 0.229. The minimum absolute atomic E-state index is 0.0356. The zero-order valence-electron chi connectivity index (χ0n) is 11.0. The summed E-state index contributed by atoms with van der Waals surface area (Å²) in [5, 5.41) is 8.55. The SMILES string of the molecule is COc1cccc(SCC(=O)N(C)CCC(=O)O)c1. The Kier molecular flexibility index (Phi) is 6.21. The molecule has 1 N–H and O–H groups in total. The van der Waals surface area contributed by atoms with Gasteiger partial charge in [-0.2, -0.15) is 0 Å². The number of benzene rings is 1. The van der Waals surface area contributed by atoms with E-state index in [1.807, 2.05) is 24.3 Å². The van der Waals surface area contributed by atoms with Crippen molar-refractivity contribution in [2.45, 2.75) is 11.3 Å². The zero-order valence-corrected chi connectivity index (χ0v) is 11.8. The molecule has 1 aromatic carbocycles. The molecule has 0 unspecified atom stereocenters. The third-order valence-electron chi connectivity index (χ3n) is 2.49. The Labute approximate surface area is 116 Å². The monoisotopic (exact) mass is 283 g/mol. The third-order valence-corrected chi connectivity index (χ3v) is 3.47. The number of thioether (sulfide) groups is 1. The summed E-state index contributed by atoms with van der Waals surface area (Å²) in [6, 6.07) is 7.46. The third kappa shape index (κ3) is 5.65. The first kappa shape index (κ1) is 15.4. The van der Waals surface area contributed by atoms with Gasteiger partial charge in [0.2, 0.25) is 5.91 Å². The fourth-order valence-electron chi connectivity index (χ4n) is 1.33. The second-order valence-electron chi connectivity index (χ2n) is 3.93. The number of hydrogen-bond acceptors (Lipinski definition) is 4. The lowest BCUT2D eigenvalue weighted by Gasteiger charge is -2.15. The molecular weight excluding hydrogens is 266 g/mol. The highest BCUT2D eigenvalue weighted by Crippen LogP contribution is 2.22. The van der Waals surface area contributed by atoms with Gasteiger partial charge in [0.1, 0.15) is 5.75 Å². The van der Waals surface area contributed by atoms with Crippen molar-refractivity contribution in [1.29, 1.82) is 0 Å². The number of ether oxygens (including phenoxy) is 1. The predicted octanol–water partition coefficient (Wildman–Crippen LogP) is 1.72. The maximum atomic E-state index is 11.8.